The molecule has 1 aromatic carbocycles. The first-order chi connectivity index (χ1) is 9.24. The summed E-state index contributed by atoms with van der Waals surface area (Å²) in [6.45, 7) is 4.42. The van der Waals surface area contributed by atoms with E-state index in [1.807, 2.05) is 24.4 Å². The van der Waals surface area contributed by atoms with E-state index in [9.17, 15) is 0 Å². The van der Waals surface area contributed by atoms with E-state index in [-0.39, 0.29) is 0 Å². The Morgan fingerprint density at radius 2 is 2.16 bits per heavy atom. The second-order valence-electron chi connectivity index (χ2n) is 4.93. The van der Waals surface area contributed by atoms with E-state index in [4.69, 9.17) is 4.74 Å². The molecule has 0 fully saturated rings. The summed E-state index contributed by atoms with van der Waals surface area (Å²) in [5, 5.41) is 5.80. The molecule has 0 saturated heterocycles. The molecule has 0 aliphatic heterocycles. The SMILES string of the molecule is CCCCC(C)Nc1nccc2ccc(OC)cc12. The Kier molecular flexibility index (Phi) is 4.61. The van der Waals surface area contributed by atoms with E-state index in [1.54, 1.807) is 7.11 Å². The lowest BCUT2D eigenvalue weighted by Gasteiger charge is -2.16. The Labute approximate surface area is 115 Å². The van der Waals surface area contributed by atoms with E-state index in [0.717, 1.165) is 17.0 Å². The van der Waals surface area contributed by atoms with Gasteiger partial charge in [-0.15, -0.1) is 0 Å². The van der Waals surface area contributed by atoms with Crippen molar-refractivity contribution < 1.29 is 4.74 Å². The van der Waals surface area contributed by atoms with Crippen LogP contribution < -0.4 is 10.1 Å². The van der Waals surface area contributed by atoms with Gasteiger partial charge in [0.15, 0.2) is 0 Å². The number of rotatable bonds is 6. The summed E-state index contributed by atoms with van der Waals surface area (Å²) in [7, 11) is 1.69. The summed E-state index contributed by atoms with van der Waals surface area (Å²) in [5.74, 6) is 1.81. The molecular weight excluding hydrogens is 236 g/mol. The van der Waals surface area contributed by atoms with Crippen LogP contribution >= 0.6 is 0 Å². The van der Waals surface area contributed by atoms with E-state index in [0.29, 0.717) is 6.04 Å². The van der Waals surface area contributed by atoms with Crippen molar-refractivity contribution in [3.63, 3.8) is 0 Å². The third kappa shape index (κ3) is 3.37. The molecular formula is C16H22N2O. The number of methoxy groups -OCH3 is 1. The lowest BCUT2D eigenvalue weighted by atomic mass is 10.1. The first-order valence-electron chi connectivity index (χ1n) is 6.94. The lowest BCUT2D eigenvalue weighted by Crippen LogP contribution is -2.15. The molecule has 1 atom stereocenters. The molecule has 102 valence electrons. The molecule has 1 aromatic heterocycles. The fourth-order valence-electron chi connectivity index (χ4n) is 2.21. The van der Waals surface area contributed by atoms with Gasteiger partial charge < -0.3 is 10.1 Å². The van der Waals surface area contributed by atoms with Crippen LogP contribution in [0.5, 0.6) is 5.75 Å². The number of benzene rings is 1. The molecule has 0 bridgehead atoms. The zero-order chi connectivity index (χ0) is 13.7. The van der Waals surface area contributed by atoms with Gasteiger partial charge in [0.1, 0.15) is 11.6 Å². The van der Waals surface area contributed by atoms with Gasteiger partial charge in [-0.25, -0.2) is 4.98 Å². The largest absolute Gasteiger partial charge is 0.497 e. The second-order valence-corrected chi connectivity index (χ2v) is 4.93. The van der Waals surface area contributed by atoms with Crippen molar-refractivity contribution in [2.45, 2.75) is 39.2 Å². The maximum atomic E-state index is 5.29. The van der Waals surface area contributed by atoms with Gasteiger partial charge in [-0.1, -0.05) is 25.8 Å². The zero-order valence-electron chi connectivity index (χ0n) is 11.9. The van der Waals surface area contributed by atoms with Crippen LogP contribution in [0.1, 0.15) is 33.1 Å². The fraction of sp³-hybridized carbons (Fsp3) is 0.438. The van der Waals surface area contributed by atoms with Crippen LogP contribution in [0.2, 0.25) is 0 Å². The molecule has 1 N–H and O–H groups in total. The Hall–Kier alpha value is -1.77. The molecule has 0 aliphatic rings. The first-order valence-corrected chi connectivity index (χ1v) is 6.94. The maximum absolute atomic E-state index is 5.29. The summed E-state index contributed by atoms with van der Waals surface area (Å²) < 4.78 is 5.29. The second kappa shape index (κ2) is 6.41. The standard InChI is InChI=1S/C16H22N2O/c1-4-5-6-12(2)18-16-15-11-14(19-3)8-7-13(15)9-10-17-16/h7-12H,4-6H2,1-3H3,(H,17,18). The van der Waals surface area contributed by atoms with Crippen molar-refractivity contribution in [2.75, 3.05) is 12.4 Å². The molecule has 0 saturated carbocycles. The molecule has 1 heterocycles. The molecule has 0 amide bonds. The molecule has 3 heteroatoms. The van der Waals surface area contributed by atoms with E-state index in [2.05, 4.69) is 30.2 Å². The molecule has 0 aliphatic carbocycles. The highest BCUT2D eigenvalue weighted by atomic mass is 16.5. The fourth-order valence-corrected chi connectivity index (χ4v) is 2.21. The minimum atomic E-state index is 0.434. The number of hydrogen-bond donors (Lipinski definition) is 1. The molecule has 1 unspecified atom stereocenters. The van der Waals surface area contributed by atoms with Crippen LogP contribution in [0.4, 0.5) is 5.82 Å². The number of nitrogens with one attached hydrogen (secondary N) is 1. The summed E-state index contributed by atoms with van der Waals surface area (Å²) in [5.41, 5.74) is 0. The summed E-state index contributed by atoms with van der Waals surface area (Å²) in [4.78, 5) is 4.46. The van der Waals surface area contributed by atoms with Crippen LogP contribution in [-0.2, 0) is 0 Å². The van der Waals surface area contributed by atoms with Gasteiger partial charge >= 0.3 is 0 Å². The van der Waals surface area contributed by atoms with Crippen molar-refractivity contribution in [1.82, 2.24) is 4.98 Å². The minimum Gasteiger partial charge on any atom is -0.497 e. The predicted octanol–water partition coefficient (Wildman–Crippen LogP) is 4.23. The molecule has 0 radical (unpaired) electrons. The number of nitrogens with zero attached hydrogens (tertiary/aromatic N) is 1. The monoisotopic (exact) mass is 258 g/mol. The van der Waals surface area contributed by atoms with E-state index < -0.39 is 0 Å². The van der Waals surface area contributed by atoms with Crippen molar-refractivity contribution in [3.8, 4) is 5.75 Å². The smallest absolute Gasteiger partial charge is 0.134 e. The van der Waals surface area contributed by atoms with Crippen LogP contribution in [0, 0.1) is 0 Å². The highest BCUT2D eigenvalue weighted by molar-refractivity contribution is 5.92. The van der Waals surface area contributed by atoms with Gasteiger partial charge in [0.05, 0.1) is 7.11 Å². The first kappa shape index (κ1) is 13.7. The summed E-state index contributed by atoms with van der Waals surface area (Å²) >= 11 is 0. The molecule has 3 nitrogen and oxygen atoms in total. The quantitative estimate of drug-likeness (QED) is 0.841. The minimum absolute atomic E-state index is 0.434. The number of anilines is 1. The molecule has 19 heavy (non-hydrogen) atoms. The van der Waals surface area contributed by atoms with Crippen LogP contribution in [0.25, 0.3) is 10.8 Å². The molecule has 2 aromatic rings. The van der Waals surface area contributed by atoms with Crippen LogP contribution in [0.15, 0.2) is 30.5 Å². The highest BCUT2D eigenvalue weighted by Crippen LogP contribution is 2.26. The average molecular weight is 258 g/mol. The van der Waals surface area contributed by atoms with Gasteiger partial charge in [0.2, 0.25) is 0 Å². The van der Waals surface area contributed by atoms with Crippen molar-refractivity contribution in [3.05, 3.63) is 30.5 Å². The Morgan fingerprint density at radius 3 is 2.89 bits per heavy atom. The third-order valence-corrected chi connectivity index (χ3v) is 3.35. The van der Waals surface area contributed by atoms with E-state index in [1.165, 1.54) is 24.6 Å². The molecule has 0 spiro atoms. The van der Waals surface area contributed by atoms with Gasteiger partial charge in [-0.3, -0.25) is 0 Å². The van der Waals surface area contributed by atoms with Gasteiger partial charge in [0, 0.05) is 17.6 Å². The van der Waals surface area contributed by atoms with Crippen LogP contribution in [-0.4, -0.2) is 18.1 Å². The van der Waals surface area contributed by atoms with Gasteiger partial charge in [-0.2, -0.15) is 0 Å². The predicted molar refractivity (Wildman–Crippen MR) is 80.9 cm³/mol. The Morgan fingerprint density at radius 1 is 1.32 bits per heavy atom. The van der Waals surface area contributed by atoms with Crippen molar-refractivity contribution >= 4 is 16.6 Å². The topological polar surface area (TPSA) is 34.2 Å². The summed E-state index contributed by atoms with van der Waals surface area (Å²) in [6.07, 6.45) is 5.48. The number of ether oxygens (including phenoxy) is 1. The van der Waals surface area contributed by atoms with E-state index >= 15 is 0 Å². The van der Waals surface area contributed by atoms with Gasteiger partial charge in [0.25, 0.3) is 0 Å². The number of hydrogen-bond acceptors (Lipinski definition) is 3. The van der Waals surface area contributed by atoms with Crippen molar-refractivity contribution in [2.24, 2.45) is 0 Å². The maximum Gasteiger partial charge on any atom is 0.134 e. The summed E-state index contributed by atoms with van der Waals surface area (Å²) in [6, 6.07) is 8.54. The lowest BCUT2D eigenvalue weighted by molar-refractivity contribution is 0.415. The zero-order valence-corrected chi connectivity index (χ0v) is 11.9. The Bertz CT molecular complexity index is 539. The highest BCUT2D eigenvalue weighted by Gasteiger charge is 2.07. The Balaban J connectivity index is 2.26. The van der Waals surface area contributed by atoms with Crippen LogP contribution in [0.3, 0.4) is 0 Å². The normalized spacial score (nSPS) is 12.4. The molecule has 2 rings (SSSR count). The third-order valence-electron chi connectivity index (χ3n) is 3.35. The number of unbranched alkanes of at least 4 members (excludes halogenated alkanes) is 1. The number of pyridine rings is 1. The number of aromatic nitrogens is 1. The van der Waals surface area contributed by atoms with Crippen molar-refractivity contribution in [1.29, 1.82) is 0 Å². The number of fused-ring (bicyclic) bond motifs is 1. The van der Waals surface area contributed by atoms with Gasteiger partial charge in [-0.05, 0) is 36.9 Å². The average Bonchev–Trinajstić information content (AvgIpc) is 2.45.